The van der Waals surface area contributed by atoms with Gasteiger partial charge >= 0.3 is 11.9 Å². The molecule has 1 heterocycles. The second-order valence-electron chi connectivity index (χ2n) is 3.27. The predicted octanol–water partition coefficient (Wildman–Crippen LogP) is 1.89. The Morgan fingerprint density at radius 3 is 2.89 bits per heavy atom. The molecule has 0 aromatic carbocycles. The molecule has 0 aliphatic heterocycles. The van der Waals surface area contributed by atoms with E-state index in [2.05, 4.69) is 9.72 Å². The van der Waals surface area contributed by atoms with Crippen LogP contribution in [0.3, 0.4) is 0 Å². The van der Waals surface area contributed by atoms with Gasteiger partial charge in [0.05, 0.1) is 24.3 Å². The molecular formula is C12H12FNO4. The largest absolute Gasteiger partial charge is 0.478 e. The van der Waals surface area contributed by atoms with Crippen molar-refractivity contribution in [3.63, 3.8) is 0 Å². The Kier molecular flexibility index (Phi) is 4.98. The highest BCUT2D eigenvalue weighted by Gasteiger charge is 2.13. The minimum absolute atomic E-state index is 0.0216. The van der Waals surface area contributed by atoms with E-state index in [-0.39, 0.29) is 18.7 Å². The maximum absolute atomic E-state index is 13.6. The van der Waals surface area contributed by atoms with Crippen LogP contribution in [0.2, 0.25) is 0 Å². The van der Waals surface area contributed by atoms with Crippen LogP contribution < -0.4 is 0 Å². The van der Waals surface area contributed by atoms with Gasteiger partial charge in [0.15, 0.2) is 5.82 Å². The molecule has 0 atom stereocenters. The molecule has 18 heavy (non-hydrogen) atoms. The summed E-state index contributed by atoms with van der Waals surface area (Å²) in [6.45, 7) is 1.95. The number of carboxylic acids is 1. The van der Waals surface area contributed by atoms with Gasteiger partial charge in [-0.2, -0.15) is 0 Å². The molecule has 0 fully saturated rings. The van der Waals surface area contributed by atoms with E-state index in [9.17, 15) is 14.0 Å². The SMILES string of the molecule is CCOC(=O)CC=Cc1nccc(C(=O)O)c1F. The van der Waals surface area contributed by atoms with Crippen molar-refractivity contribution in [3.8, 4) is 0 Å². The summed E-state index contributed by atoms with van der Waals surface area (Å²) < 4.78 is 18.3. The first-order chi connectivity index (χ1) is 8.56. The van der Waals surface area contributed by atoms with Crippen molar-refractivity contribution in [1.82, 2.24) is 4.98 Å². The Bertz CT molecular complexity index is 485. The fourth-order valence-electron chi connectivity index (χ4n) is 1.23. The van der Waals surface area contributed by atoms with E-state index in [1.807, 2.05) is 0 Å². The smallest absolute Gasteiger partial charge is 0.338 e. The van der Waals surface area contributed by atoms with E-state index in [1.54, 1.807) is 6.92 Å². The lowest BCUT2D eigenvalue weighted by atomic mass is 10.2. The Hall–Kier alpha value is -2.24. The van der Waals surface area contributed by atoms with E-state index in [0.717, 1.165) is 6.07 Å². The van der Waals surface area contributed by atoms with E-state index in [1.165, 1.54) is 18.3 Å². The molecule has 0 aliphatic rings. The summed E-state index contributed by atoms with van der Waals surface area (Å²) in [5.41, 5.74) is -0.583. The molecule has 96 valence electrons. The summed E-state index contributed by atoms with van der Waals surface area (Å²) in [5.74, 6) is -2.73. The summed E-state index contributed by atoms with van der Waals surface area (Å²) in [7, 11) is 0. The van der Waals surface area contributed by atoms with Crippen LogP contribution in [0.25, 0.3) is 6.08 Å². The van der Waals surface area contributed by atoms with E-state index >= 15 is 0 Å². The summed E-state index contributed by atoms with van der Waals surface area (Å²) in [6, 6.07) is 1.07. The monoisotopic (exact) mass is 253 g/mol. The number of carbonyl (C=O) groups excluding carboxylic acids is 1. The van der Waals surface area contributed by atoms with Gasteiger partial charge in [0.2, 0.25) is 0 Å². The average Bonchev–Trinajstić information content (AvgIpc) is 2.31. The number of ether oxygens (including phenoxy) is 1. The van der Waals surface area contributed by atoms with Crippen LogP contribution in [0, 0.1) is 5.82 Å². The standard InChI is InChI=1S/C12H12FNO4/c1-2-18-10(15)5-3-4-9-11(13)8(12(16)17)6-7-14-9/h3-4,6-7H,2,5H2,1H3,(H,16,17). The lowest BCUT2D eigenvalue weighted by Crippen LogP contribution is -2.04. The third-order valence-electron chi connectivity index (χ3n) is 2.01. The first-order valence-electron chi connectivity index (χ1n) is 5.26. The second-order valence-corrected chi connectivity index (χ2v) is 3.27. The number of carbonyl (C=O) groups is 2. The zero-order valence-electron chi connectivity index (χ0n) is 9.72. The molecular weight excluding hydrogens is 241 g/mol. The molecule has 0 saturated carbocycles. The van der Waals surface area contributed by atoms with Crippen LogP contribution in [0.1, 0.15) is 29.4 Å². The van der Waals surface area contributed by atoms with Gasteiger partial charge in [0, 0.05) is 6.20 Å². The Morgan fingerprint density at radius 2 is 2.28 bits per heavy atom. The fraction of sp³-hybridized carbons (Fsp3) is 0.250. The molecule has 5 nitrogen and oxygen atoms in total. The fourth-order valence-corrected chi connectivity index (χ4v) is 1.23. The van der Waals surface area contributed by atoms with Crippen LogP contribution in [0.4, 0.5) is 4.39 Å². The van der Waals surface area contributed by atoms with Crippen molar-refractivity contribution >= 4 is 18.0 Å². The van der Waals surface area contributed by atoms with Gasteiger partial charge < -0.3 is 9.84 Å². The molecule has 1 N–H and O–H groups in total. The van der Waals surface area contributed by atoms with Crippen LogP contribution in [0.15, 0.2) is 18.3 Å². The third-order valence-corrected chi connectivity index (χ3v) is 2.01. The lowest BCUT2D eigenvalue weighted by molar-refractivity contribution is -0.142. The number of hydrogen-bond donors (Lipinski definition) is 1. The molecule has 0 radical (unpaired) electrons. The van der Waals surface area contributed by atoms with Crippen LogP contribution in [0.5, 0.6) is 0 Å². The maximum Gasteiger partial charge on any atom is 0.338 e. The third kappa shape index (κ3) is 3.65. The van der Waals surface area contributed by atoms with Gasteiger partial charge in [-0.25, -0.2) is 9.18 Å². The Balaban J connectivity index is 2.79. The molecule has 1 rings (SSSR count). The van der Waals surface area contributed by atoms with E-state index in [4.69, 9.17) is 5.11 Å². The van der Waals surface area contributed by atoms with Crippen LogP contribution in [-0.2, 0) is 9.53 Å². The molecule has 6 heteroatoms. The molecule has 0 saturated heterocycles. The maximum atomic E-state index is 13.6. The van der Waals surface area contributed by atoms with Crippen LogP contribution in [-0.4, -0.2) is 28.6 Å². The number of halogens is 1. The highest BCUT2D eigenvalue weighted by molar-refractivity contribution is 5.88. The van der Waals surface area contributed by atoms with Gasteiger partial charge in [0.1, 0.15) is 0 Å². The number of carboxylic acid groups (broad SMARTS) is 1. The lowest BCUT2D eigenvalue weighted by Gasteiger charge is -2.00. The molecule has 0 bridgehead atoms. The van der Waals surface area contributed by atoms with Crippen molar-refractivity contribution in [3.05, 3.63) is 35.4 Å². The van der Waals surface area contributed by atoms with Gasteiger partial charge in [0.25, 0.3) is 0 Å². The van der Waals surface area contributed by atoms with Crippen molar-refractivity contribution in [1.29, 1.82) is 0 Å². The first kappa shape index (κ1) is 13.8. The molecule has 0 aliphatic carbocycles. The Morgan fingerprint density at radius 1 is 1.56 bits per heavy atom. The minimum Gasteiger partial charge on any atom is -0.478 e. The number of aromatic carboxylic acids is 1. The second kappa shape index (κ2) is 6.48. The summed E-state index contributed by atoms with van der Waals surface area (Å²) in [6.07, 6.45) is 3.79. The van der Waals surface area contributed by atoms with E-state index < -0.39 is 23.3 Å². The topological polar surface area (TPSA) is 76.5 Å². The first-order valence-corrected chi connectivity index (χ1v) is 5.26. The predicted molar refractivity (Wildman–Crippen MR) is 61.4 cm³/mol. The molecule has 0 spiro atoms. The van der Waals surface area contributed by atoms with Gasteiger partial charge in [-0.05, 0) is 19.1 Å². The zero-order valence-corrected chi connectivity index (χ0v) is 9.72. The van der Waals surface area contributed by atoms with Crippen molar-refractivity contribution < 1.29 is 23.8 Å². The van der Waals surface area contributed by atoms with Crippen molar-refractivity contribution in [2.45, 2.75) is 13.3 Å². The molecule has 1 aromatic rings. The number of nitrogens with zero attached hydrogens (tertiary/aromatic N) is 1. The zero-order chi connectivity index (χ0) is 13.5. The number of hydrogen-bond acceptors (Lipinski definition) is 4. The van der Waals surface area contributed by atoms with Gasteiger partial charge in [-0.3, -0.25) is 9.78 Å². The number of esters is 1. The number of pyridine rings is 1. The molecule has 1 aromatic heterocycles. The summed E-state index contributed by atoms with van der Waals surface area (Å²) in [5, 5.41) is 8.71. The summed E-state index contributed by atoms with van der Waals surface area (Å²) in [4.78, 5) is 25.4. The normalized spacial score (nSPS) is 10.6. The quantitative estimate of drug-likeness (QED) is 0.811. The van der Waals surface area contributed by atoms with Crippen molar-refractivity contribution in [2.24, 2.45) is 0 Å². The Labute approximate surface area is 103 Å². The number of rotatable bonds is 5. The van der Waals surface area contributed by atoms with Crippen molar-refractivity contribution in [2.75, 3.05) is 6.61 Å². The van der Waals surface area contributed by atoms with Gasteiger partial charge in [-0.1, -0.05) is 6.08 Å². The highest BCUT2D eigenvalue weighted by atomic mass is 19.1. The average molecular weight is 253 g/mol. The van der Waals surface area contributed by atoms with Gasteiger partial charge in [-0.15, -0.1) is 0 Å². The molecule has 0 unspecified atom stereocenters. The highest BCUT2D eigenvalue weighted by Crippen LogP contribution is 2.12. The molecule has 0 amide bonds. The van der Waals surface area contributed by atoms with Crippen LogP contribution >= 0.6 is 0 Å². The number of aromatic nitrogens is 1. The van der Waals surface area contributed by atoms with E-state index in [0.29, 0.717) is 0 Å². The minimum atomic E-state index is -1.37. The summed E-state index contributed by atoms with van der Waals surface area (Å²) >= 11 is 0.